The number of aryl methyl sites for hydroxylation is 1. The second-order valence-corrected chi connectivity index (χ2v) is 5.99. The summed E-state index contributed by atoms with van der Waals surface area (Å²) in [4.78, 5) is 19.4. The molecule has 0 saturated carbocycles. The van der Waals surface area contributed by atoms with Crippen LogP contribution in [0.25, 0.3) is 16.6 Å². The third-order valence-corrected chi connectivity index (χ3v) is 4.07. The van der Waals surface area contributed by atoms with Crippen molar-refractivity contribution in [2.45, 2.75) is 20.0 Å². The number of para-hydroxylation sites is 2. The molecule has 0 saturated heterocycles. The smallest absolute Gasteiger partial charge is 0.338 e. The first kappa shape index (κ1) is 18.1. The normalized spacial score (nSPS) is 13.0. The molecule has 0 aliphatic carbocycles. The third-order valence-electron chi connectivity index (χ3n) is 4.07. The Balaban J connectivity index is 1.87. The topological polar surface area (TPSA) is 99.0 Å². The number of hydrogen-bond acceptors (Lipinski definition) is 5. The molecule has 0 fully saturated rings. The van der Waals surface area contributed by atoms with Crippen LogP contribution in [0.4, 0.5) is 4.39 Å². The highest BCUT2D eigenvalue weighted by molar-refractivity contribution is 5.90. The zero-order valence-corrected chi connectivity index (χ0v) is 14.7. The summed E-state index contributed by atoms with van der Waals surface area (Å²) in [5, 5.41) is 19.8. The fourth-order valence-corrected chi connectivity index (χ4v) is 2.51. The Hall–Kier alpha value is -3.66. The maximum atomic E-state index is 13.6. The maximum Gasteiger partial charge on any atom is 0.338 e. The van der Waals surface area contributed by atoms with Gasteiger partial charge in [-0.2, -0.15) is 5.26 Å². The van der Waals surface area contributed by atoms with Crippen LogP contribution in [0, 0.1) is 24.1 Å². The molecule has 0 unspecified atom stereocenters. The zero-order valence-electron chi connectivity index (χ0n) is 14.7. The Morgan fingerprint density at radius 3 is 2.74 bits per heavy atom. The Labute approximate surface area is 154 Å². The van der Waals surface area contributed by atoms with Crippen molar-refractivity contribution in [2.24, 2.45) is 0 Å². The van der Waals surface area contributed by atoms with Gasteiger partial charge >= 0.3 is 5.97 Å². The van der Waals surface area contributed by atoms with Gasteiger partial charge in [-0.25, -0.2) is 14.2 Å². The van der Waals surface area contributed by atoms with Crippen LogP contribution in [-0.4, -0.2) is 27.1 Å². The number of fused-ring (bicyclic) bond motifs is 1. The fourth-order valence-electron chi connectivity index (χ4n) is 2.51. The lowest BCUT2D eigenvalue weighted by molar-refractivity contribution is 0.0333. The first-order valence-electron chi connectivity index (χ1n) is 8.16. The Kier molecular flexibility index (Phi) is 4.90. The molecule has 0 radical (unpaired) electrons. The second-order valence-electron chi connectivity index (χ2n) is 5.99. The van der Waals surface area contributed by atoms with Gasteiger partial charge in [0.05, 0.1) is 16.6 Å². The van der Waals surface area contributed by atoms with E-state index in [4.69, 9.17) is 4.74 Å². The van der Waals surface area contributed by atoms with E-state index in [-0.39, 0.29) is 17.0 Å². The largest absolute Gasteiger partial charge is 0.507 e. The maximum absolute atomic E-state index is 13.6. The van der Waals surface area contributed by atoms with E-state index in [0.717, 1.165) is 6.07 Å². The van der Waals surface area contributed by atoms with Crippen molar-refractivity contribution >= 4 is 22.6 Å². The van der Waals surface area contributed by atoms with Crippen LogP contribution >= 0.6 is 0 Å². The highest BCUT2D eigenvalue weighted by Gasteiger charge is 2.22. The summed E-state index contributed by atoms with van der Waals surface area (Å²) in [6, 6.07) is 13.0. The number of nitrogens with zero attached hydrogens (tertiary/aromatic N) is 2. The Morgan fingerprint density at radius 1 is 1.33 bits per heavy atom. The molecule has 0 bridgehead atoms. The van der Waals surface area contributed by atoms with Gasteiger partial charge in [0.25, 0.3) is 0 Å². The summed E-state index contributed by atoms with van der Waals surface area (Å²) in [7, 11) is 0. The quantitative estimate of drug-likeness (QED) is 0.413. The van der Waals surface area contributed by atoms with Gasteiger partial charge in [-0.3, -0.25) is 0 Å². The summed E-state index contributed by atoms with van der Waals surface area (Å²) in [6.07, 6.45) is -1.12. The number of nitriles is 1. The molecule has 27 heavy (non-hydrogen) atoms. The molecule has 1 heterocycles. The predicted molar refractivity (Wildman–Crippen MR) is 97.3 cm³/mol. The number of imidazole rings is 1. The van der Waals surface area contributed by atoms with Crippen LogP contribution in [0.15, 0.2) is 48.2 Å². The molecule has 136 valence electrons. The molecule has 0 aliphatic heterocycles. The van der Waals surface area contributed by atoms with Crippen molar-refractivity contribution in [3.63, 3.8) is 0 Å². The van der Waals surface area contributed by atoms with Gasteiger partial charge < -0.3 is 14.8 Å². The number of hydrogen-bond donors (Lipinski definition) is 2. The number of esters is 1. The number of carbonyl (C=O) groups is 1. The van der Waals surface area contributed by atoms with Gasteiger partial charge in [-0.15, -0.1) is 0 Å². The average molecular weight is 365 g/mol. The number of rotatable bonds is 4. The lowest BCUT2D eigenvalue weighted by Gasteiger charge is -2.14. The Bertz CT molecular complexity index is 1060. The van der Waals surface area contributed by atoms with Crippen molar-refractivity contribution < 1.29 is 19.0 Å². The van der Waals surface area contributed by atoms with E-state index in [9.17, 15) is 19.6 Å². The molecule has 7 heteroatoms. The minimum absolute atomic E-state index is 0.0139. The van der Waals surface area contributed by atoms with E-state index in [1.807, 2.05) is 12.1 Å². The molecular weight excluding hydrogens is 349 g/mol. The molecule has 3 aromatic rings. The van der Waals surface area contributed by atoms with Gasteiger partial charge in [-0.05, 0) is 43.7 Å². The number of allylic oxidation sites excluding steroid dienone is 1. The number of aliphatic hydroxyl groups is 1. The molecule has 0 amide bonds. The molecule has 2 N–H and O–H groups in total. The van der Waals surface area contributed by atoms with Crippen molar-refractivity contribution in [3.8, 4) is 6.07 Å². The van der Waals surface area contributed by atoms with Crippen molar-refractivity contribution in [1.29, 1.82) is 5.26 Å². The monoisotopic (exact) mass is 365 g/mol. The Morgan fingerprint density at radius 2 is 2.07 bits per heavy atom. The number of aromatic amines is 1. The third kappa shape index (κ3) is 3.65. The van der Waals surface area contributed by atoms with Gasteiger partial charge in [0.2, 0.25) is 0 Å². The van der Waals surface area contributed by atoms with Crippen molar-refractivity contribution in [2.75, 3.05) is 0 Å². The van der Waals surface area contributed by atoms with Crippen LogP contribution in [0.2, 0.25) is 0 Å². The molecule has 6 nitrogen and oxygen atoms in total. The first-order chi connectivity index (χ1) is 12.9. The molecule has 3 rings (SSSR count). The highest BCUT2D eigenvalue weighted by Crippen LogP contribution is 2.22. The number of aromatic nitrogens is 2. The lowest BCUT2D eigenvalue weighted by Crippen LogP contribution is -2.18. The summed E-state index contributed by atoms with van der Waals surface area (Å²) in [6.45, 7) is 2.99. The molecule has 0 spiro atoms. The average Bonchev–Trinajstić information content (AvgIpc) is 3.08. The van der Waals surface area contributed by atoms with Crippen LogP contribution < -0.4 is 0 Å². The van der Waals surface area contributed by atoms with Gasteiger partial charge in [-0.1, -0.05) is 18.2 Å². The van der Waals surface area contributed by atoms with Gasteiger partial charge in [0, 0.05) is 0 Å². The standard InChI is InChI=1S/C20H16FN3O3/c1-11-7-8-13(9-15(11)21)20(26)27-12(2)18(25)14(10-22)19-23-16-5-3-4-6-17(16)24-19/h3-9,12,25H,1-2H3,(H,23,24)/b18-14-/t12-/m1/s1. The fraction of sp³-hybridized carbons (Fsp3) is 0.150. The molecule has 1 atom stereocenters. The number of ether oxygens (including phenoxy) is 1. The molecule has 1 aromatic heterocycles. The van der Waals surface area contributed by atoms with Crippen LogP contribution in [-0.2, 0) is 4.74 Å². The number of benzene rings is 2. The van der Waals surface area contributed by atoms with Crippen LogP contribution in [0.5, 0.6) is 0 Å². The first-order valence-corrected chi connectivity index (χ1v) is 8.16. The van der Waals surface area contributed by atoms with Crippen molar-refractivity contribution in [3.05, 3.63) is 71.0 Å². The number of carbonyl (C=O) groups excluding carboxylic acids is 1. The van der Waals surface area contributed by atoms with E-state index < -0.39 is 23.6 Å². The SMILES string of the molecule is Cc1ccc(C(=O)O[C@H](C)/C(O)=C(\C#N)c2nc3ccccc3[nH]2)cc1F. The summed E-state index contributed by atoms with van der Waals surface area (Å²) in [5.74, 6) is -1.62. The van der Waals surface area contributed by atoms with E-state index in [0.29, 0.717) is 16.6 Å². The number of H-pyrrole nitrogens is 1. The molecule has 0 aliphatic rings. The van der Waals surface area contributed by atoms with E-state index in [1.54, 1.807) is 25.1 Å². The minimum atomic E-state index is -1.12. The second kappa shape index (κ2) is 7.30. The van der Waals surface area contributed by atoms with Gasteiger partial charge in [0.15, 0.2) is 17.7 Å². The van der Waals surface area contributed by atoms with Gasteiger partial charge in [0.1, 0.15) is 17.5 Å². The predicted octanol–water partition coefficient (Wildman–Crippen LogP) is 4.05. The molecule has 2 aromatic carbocycles. The number of aliphatic hydroxyl groups excluding tert-OH is 1. The van der Waals surface area contributed by atoms with E-state index in [2.05, 4.69) is 9.97 Å². The summed E-state index contributed by atoms with van der Waals surface area (Å²) in [5.41, 5.74) is 1.61. The lowest BCUT2D eigenvalue weighted by atomic mass is 10.1. The molecular formula is C20H16FN3O3. The van der Waals surface area contributed by atoms with Crippen molar-refractivity contribution in [1.82, 2.24) is 9.97 Å². The zero-order chi connectivity index (χ0) is 19.6. The summed E-state index contributed by atoms with van der Waals surface area (Å²) >= 11 is 0. The van der Waals surface area contributed by atoms with Crippen LogP contribution in [0.3, 0.4) is 0 Å². The summed E-state index contributed by atoms with van der Waals surface area (Å²) < 4.78 is 18.8. The minimum Gasteiger partial charge on any atom is -0.507 e. The number of nitrogens with one attached hydrogen (secondary N) is 1. The van der Waals surface area contributed by atoms with E-state index in [1.165, 1.54) is 19.1 Å². The van der Waals surface area contributed by atoms with E-state index >= 15 is 0 Å². The van der Waals surface area contributed by atoms with Crippen LogP contribution in [0.1, 0.15) is 28.7 Å². The number of halogens is 1. The highest BCUT2D eigenvalue weighted by atomic mass is 19.1.